The van der Waals surface area contributed by atoms with Gasteiger partial charge >= 0.3 is 0 Å². The molecule has 1 nitrogen and oxygen atoms in total. The molecule has 0 saturated heterocycles. The first kappa shape index (κ1) is 8.28. The molecule has 0 spiro atoms. The predicted octanol–water partition coefficient (Wildman–Crippen LogP) is 2.03. The highest BCUT2D eigenvalue weighted by Gasteiger charge is 1.85. The summed E-state index contributed by atoms with van der Waals surface area (Å²) in [7, 11) is 0. The highest BCUT2D eigenvalue weighted by Crippen LogP contribution is 1.87. The maximum absolute atomic E-state index is 3.59. The Morgan fingerprint density at radius 2 is 1.89 bits per heavy atom. The van der Waals surface area contributed by atoms with Gasteiger partial charge in [0.15, 0.2) is 0 Å². The van der Waals surface area contributed by atoms with Crippen molar-refractivity contribution in [2.75, 3.05) is 13.1 Å². The molecule has 0 bridgehead atoms. The predicted molar refractivity (Wildman–Crippen MR) is 42.3 cm³/mol. The lowest BCUT2D eigenvalue weighted by Crippen LogP contribution is -2.14. The highest BCUT2D eigenvalue weighted by atomic mass is 15.1. The molecular weight excluding hydrogens is 110 g/mol. The van der Waals surface area contributed by atoms with Crippen LogP contribution in [0.5, 0.6) is 0 Å². The van der Waals surface area contributed by atoms with Gasteiger partial charge in [0.2, 0.25) is 0 Å². The lowest BCUT2D eigenvalue weighted by Gasteiger charge is -2.13. The minimum absolute atomic E-state index is 1.07. The lowest BCUT2D eigenvalue weighted by molar-refractivity contribution is 0.419. The van der Waals surface area contributed by atoms with Crippen molar-refractivity contribution < 1.29 is 0 Å². The van der Waals surface area contributed by atoms with E-state index in [-0.39, 0.29) is 0 Å². The molecule has 9 heavy (non-hydrogen) atoms. The summed E-state index contributed by atoms with van der Waals surface area (Å²) in [4.78, 5) is 2.21. The molecule has 0 N–H and O–H groups in total. The molecule has 0 unspecified atom stereocenters. The van der Waals surface area contributed by atoms with E-state index in [4.69, 9.17) is 0 Å². The van der Waals surface area contributed by atoms with Crippen LogP contribution < -0.4 is 0 Å². The first-order chi connectivity index (χ1) is 4.35. The molecule has 0 fully saturated rings. The van der Waals surface area contributed by atoms with E-state index < -0.39 is 0 Å². The zero-order valence-electron chi connectivity index (χ0n) is 6.30. The summed E-state index contributed by atoms with van der Waals surface area (Å²) in [5.41, 5.74) is 0. The molecule has 0 aromatic rings. The van der Waals surface area contributed by atoms with Gasteiger partial charge in [-0.15, -0.1) is 0 Å². The van der Waals surface area contributed by atoms with Gasteiger partial charge in [0, 0.05) is 13.1 Å². The summed E-state index contributed by atoms with van der Waals surface area (Å²) in [5.74, 6) is 0. The topological polar surface area (TPSA) is 3.24 Å². The standard InChI is InChI=1S/C8H15N/c1-4-7-8-9(5-2)6-3/h4,7-8H,1,5-6H2,2-3H3/b8-7+. The molecule has 0 rings (SSSR count). The van der Waals surface area contributed by atoms with Gasteiger partial charge in [-0.05, 0) is 26.1 Å². The van der Waals surface area contributed by atoms with Crippen molar-refractivity contribution in [3.05, 3.63) is 24.9 Å². The maximum atomic E-state index is 3.59. The molecule has 0 amide bonds. The molecule has 0 aliphatic rings. The minimum atomic E-state index is 1.07. The fourth-order valence-electron chi connectivity index (χ4n) is 0.617. The fourth-order valence-corrected chi connectivity index (χ4v) is 0.617. The molecular formula is C8H15N. The van der Waals surface area contributed by atoms with E-state index in [1.807, 2.05) is 12.3 Å². The van der Waals surface area contributed by atoms with E-state index in [1.54, 1.807) is 6.08 Å². The SMILES string of the molecule is C=C/C=C/N(CC)CC. The molecule has 0 radical (unpaired) electrons. The van der Waals surface area contributed by atoms with Crippen LogP contribution in [0.15, 0.2) is 24.9 Å². The lowest BCUT2D eigenvalue weighted by atomic mass is 10.5. The van der Waals surface area contributed by atoms with Crippen LogP contribution in [-0.2, 0) is 0 Å². The molecule has 0 heterocycles. The fraction of sp³-hybridized carbons (Fsp3) is 0.500. The number of hydrogen-bond donors (Lipinski definition) is 0. The second kappa shape index (κ2) is 5.42. The Bertz CT molecular complexity index is 90.7. The second-order valence-corrected chi connectivity index (χ2v) is 1.80. The van der Waals surface area contributed by atoms with E-state index in [0.29, 0.717) is 0 Å². The summed E-state index contributed by atoms with van der Waals surface area (Å²) in [6.07, 6.45) is 5.79. The second-order valence-electron chi connectivity index (χ2n) is 1.80. The van der Waals surface area contributed by atoms with E-state index in [9.17, 15) is 0 Å². The van der Waals surface area contributed by atoms with Gasteiger partial charge in [0.25, 0.3) is 0 Å². The Balaban J connectivity index is 3.53. The molecule has 0 aliphatic heterocycles. The van der Waals surface area contributed by atoms with Gasteiger partial charge in [0.05, 0.1) is 0 Å². The van der Waals surface area contributed by atoms with Crippen LogP contribution in [0, 0.1) is 0 Å². The maximum Gasteiger partial charge on any atom is 0.0143 e. The Morgan fingerprint density at radius 3 is 2.22 bits per heavy atom. The van der Waals surface area contributed by atoms with Crippen molar-refractivity contribution in [2.45, 2.75) is 13.8 Å². The van der Waals surface area contributed by atoms with Crippen molar-refractivity contribution >= 4 is 0 Å². The average molecular weight is 125 g/mol. The highest BCUT2D eigenvalue weighted by molar-refractivity contribution is 4.96. The molecule has 0 aliphatic carbocycles. The summed E-state index contributed by atoms with van der Waals surface area (Å²) < 4.78 is 0. The molecule has 0 atom stereocenters. The van der Waals surface area contributed by atoms with E-state index in [0.717, 1.165) is 13.1 Å². The van der Waals surface area contributed by atoms with Crippen molar-refractivity contribution in [1.82, 2.24) is 4.90 Å². The van der Waals surface area contributed by atoms with Gasteiger partial charge in [-0.25, -0.2) is 0 Å². The van der Waals surface area contributed by atoms with Gasteiger partial charge in [-0.1, -0.05) is 12.7 Å². The Kier molecular flexibility index (Phi) is 4.98. The van der Waals surface area contributed by atoms with Gasteiger partial charge in [-0.3, -0.25) is 0 Å². The molecule has 1 heteroatoms. The van der Waals surface area contributed by atoms with Crippen molar-refractivity contribution in [3.63, 3.8) is 0 Å². The largest absolute Gasteiger partial charge is 0.378 e. The van der Waals surface area contributed by atoms with Crippen molar-refractivity contribution in [1.29, 1.82) is 0 Å². The first-order valence-electron chi connectivity index (χ1n) is 3.38. The Morgan fingerprint density at radius 1 is 1.33 bits per heavy atom. The average Bonchev–Trinajstić information content (AvgIpc) is 1.91. The number of rotatable bonds is 4. The Hall–Kier alpha value is -0.720. The number of allylic oxidation sites excluding steroid dienone is 2. The molecule has 0 aromatic carbocycles. The molecule has 0 aromatic heterocycles. The van der Waals surface area contributed by atoms with Crippen LogP contribution in [-0.4, -0.2) is 18.0 Å². The number of nitrogens with zero attached hydrogens (tertiary/aromatic N) is 1. The van der Waals surface area contributed by atoms with Crippen molar-refractivity contribution in [2.24, 2.45) is 0 Å². The van der Waals surface area contributed by atoms with Crippen LogP contribution in [0.4, 0.5) is 0 Å². The van der Waals surface area contributed by atoms with Gasteiger partial charge < -0.3 is 4.90 Å². The normalized spacial score (nSPS) is 10.0. The van der Waals surface area contributed by atoms with E-state index in [2.05, 4.69) is 25.3 Å². The Labute approximate surface area is 57.7 Å². The summed E-state index contributed by atoms with van der Waals surface area (Å²) in [6, 6.07) is 0. The third kappa shape index (κ3) is 3.83. The van der Waals surface area contributed by atoms with Crippen LogP contribution in [0.25, 0.3) is 0 Å². The van der Waals surface area contributed by atoms with Crippen LogP contribution >= 0.6 is 0 Å². The van der Waals surface area contributed by atoms with Crippen LogP contribution in [0.2, 0.25) is 0 Å². The third-order valence-electron chi connectivity index (χ3n) is 1.25. The van der Waals surface area contributed by atoms with Crippen molar-refractivity contribution in [3.8, 4) is 0 Å². The van der Waals surface area contributed by atoms with Crippen LogP contribution in [0.1, 0.15) is 13.8 Å². The third-order valence-corrected chi connectivity index (χ3v) is 1.25. The summed E-state index contributed by atoms with van der Waals surface area (Å²) in [5, 5.41) is 0. The first-order valence-corrected chi connectivity index (χ1v) is 3.38. The van der Waals surface area contributed by atoms with Crippen LogP contribution in [0.3, 0.4) is 0 Å². The quantitative estimate of drug-likeness (QED) is 0.520. The summed E-state index contributed by atoms with van der Waals surface area (Å²) >= 11 is 0. The zero-order chi connectivity index (χ0) is 7.11. The van der Waals surface area contributed by atoms with E-state index in [1.165, 1.54) is 0 Å². The zero-order valence-corrected chi connectivity index (χ0v) is 6.30. The molecule has 0 saturated carbocycles. The number of hydrogen-bond acceptors (Lipinski definition) is 1. The molecule has 52 valence electrons. The van der Waals surface area contributed by atoms with E-state index >= 15 is 0 Å². The van der Waals surface area contributed by atoms with Gasteiger partial charge in [0.1, 0.15) is 0 Å². The van der Waals surface area contributed by atoms with Gasteiger partial charge in [-0.2, -0.15) is 0 Å². The summed E-state index contributed by atoms with van der Waals surface area (Å²) in [6.45, 7) is 10.0. The smallest absolute Gasteiger partial charge is 0.0143 e. The minimum Gasteiger partial charge on any atom is -0.378 e. The monoisotopic (exact) mass is 125 g/mol.